The molecule has 0 nitrogen and oxygen atoms in total. The van der Waals surface area contributed by atoms with Gasteiger partial charge in [-0.25, -0.2) is 0 Å². The van der Waals surface area contributed by atoms with Crippen molar-refractivity contribution in [1.82, 2.24) is 0 Å². The van der Waals surface area contributed by atoms with Gasteiger partial charge in [0.05, 0.1) is 0 Å². The standard InChI is InChI=1S/C21H46P2/c1-5-9-16-22(17-10-6-2)20-14-13-15-21-23(18-11-7-3)19-12-8-4/h5-21H2,1-4H3. The van der Waals surface area contributed by atoms with Crippen LogP contribution < -0.4 is 0 Å². The molecule has 0 aliphatic heterocycles. The van der Waals surface area contributed by atoms with Crippen LogP contribution in [0, 0.1) is 0 Å². The average Bonchev–Trinajstić information content (AvgIpc) is 2.57. The van der Waals surface area contributed by atoms with Crippen LogP contribution in [0.5, 0.6) is 0 Å². The predicted octanol–water partition coefficient (Wildman–Crippen LogP) is 8.32. The Morgan fingerprint density at radius 1 is 0.348 bits per heavy atom. The molecule has 0 atom stereocenters. The van der Waals surface area contributed by atoms with E-state index >= 15 is 0 Å². The fraction of sp³-hybridized carbons (Fsp3) is 1.00. The van der Waals surface area contributed by atoms with Crippen LogP contribution in [0.3, 0.4) is 0 Å². The molecule has 0 aromatic rings. The van der Waals surface area contributed by atoms with Crippen LogP contribution in [0.25, 0.3) is 0 Å². The summed E-state index contributed by atoms with van der Waals surface area (Å²) in [7, 11) is 0.764. The van der Waals surface area contributed by atoms with E-state index in [0.717, 1.165) is 0 Å². The number of hydrogen-bond donors (Lipinski definition) is 0. The summed E-state index contributed by atoms with van der Waals surface area (Å²) in [6.07, 6.45) is 25.5. The molecule has 0 bridgehead atoms. The monoisotopic (exact) mass is 360 g/mol. The summed E-state index contributed by atoms with van der Waals surface area (Å²) < 4.78 is 0. The van der Waals surface area contributed by atoms with Crippen LogP contribution >= 0.6 is 15.8 Å². The van der Waals surface area contributed by atoms with Crippen LogP contribution in [0.15, 0.2) is 0 Å². The summed E-state index contributed by atoms with van der Waals surface area (Å²) in [6.45, 7) is 9.40. The van der Waals surface area contributed by atoms with E-state index in [2.05, 4.69) is 27.7 Å². The first-order chi connectivity index (χ1) is 11.3. The van der Waals surface area contributed by atoms with Crippen molar-refractivity contribution in [3.63, 3.8) is 0 Å². The SMILES string of the molecule is CCCCP(CCCC)CCCCCP(CCCC)CCCC. The highest BCUT2D eigenvalue weighted by molar-refractivity contribution is 7.57. The Bertz CT molecular complexity index is 180. The lowest BCUT2D eigenvalue weighted by Crippen LogP contribution is -1.98. The molecule has 0 N–H and O–H groups in total. The molecule has 0 amide bonds. The smallest absolute Gasteiger partial charge is 0.0326 e. The molecular formula is C21H46P2. The minimum Gasteiger partial charge on any atom is -0.107 e. The first-order valence-corrected chi connectivity index (χ1v) is 14.5. The number of hydrogen-bond acceptors (Lipinski definition) is 0. The van der Waals surface area contributed by atoms with Gasteiger partial charge in [0.2, 0.25) is 0 Å². The highest BCUT2D eigenvalue weighted by atomic mass is 31.1. The lowest BCUT2D eigenvalue weighted by molar-refractivity contribution is 0.769. The summed E-state index contributed by atoms with van der Waals surface area (Å²) >= 11 is 0. The van der Waals surface area contributed by atoms with Crippen molar-refractivity contribution in [1.29, 1.82) is 0 Å². The van der Waals surface area contributed by atoms with E-state index in [1.165, 1.54) is 70.6 Å². The molecule has 23 heavy (non-hydrogen) atoms. The van der Waals surface area contributed by atoms with Crippen molar-refractivity contribution in [2.75, 3.05) is 37.0 Å². The van der Waals surface area contributed by atoms with Crippen LogP contribution in [-0.2, 0) is 0 Å². The summed E-state index contributed by atoms with van der Waals surface area (Å²) in [5.74, 6) is 0. The molecule has 0 saturated carbocycles. The van der Waals surface area contributed by atoms with E-state index in [1.54, 1.807) is 37.0 Å². The van der Waals surface area contributed by atoms with Gasteiger partial charge in [-0.1, -0.05) is 59.8 Å². The van der Waals surface area contributed by atoms with Crippen LogP contribution in [0.1, 0.15) is 98.3 Å². The minimum absolute atomic E-state index is 0.382. The Hall–Kier alpha value is 0.860. The second-order valence-corrected chi connectivity index (χ2v) is 12.5. The van der Waals surface area contributed by atoms with Crippen LogP contribution in [0.2, 0.25) is 0 Å². The van der Waals surface area contributed by atoms with E-state index in [0.29, 0.717) is 15.8 Å². The highest BCUT2D eigenvalue weighted by Gasteiger charge is 2.09. The maximum atomic E-state index is 2.35. The van der Waals surface area contributed by atoms with Crippen molar-refractivity contribution < 1.29 is 0 Å². The Morgan fingerprint density at radius 3 is 0.870 bits per heavy atom. The number of unbranched alkanes of at least 4 members (excludes halogenated alkanes) is 6. The van der Waals surface area contributed by atoms with Gasteiger partial charge < -0.3 is 0 Å². The number of rotatable bonds is 18. The molecule has 0 saturated heterocycles. The Kier molecular flexibility index (Phi) is 19.9. The van der Waals surface area contributed by atoms with Crippen LogP contribution in [-0.4, -0.2) is 37.0 Å². The van der Waals surface area contributed by atoms with Crippen molar-refractivity contribution in [2.45, 2.75) is 98.3 Å². The summed E-state index contributed by atoms with van der Waals surface area (Å²) in [5, 5.41) is 0. The minimum atomic E-state index is 0.382. The van der Waals surface area contributed by atoms with Crippen molar-refractivity contribution in [3.8, 4) is 0 Å². The summed E-state index contributed by atoms with van der Waals surface area (Å²) in [5.41, 5.74) is 0. The molecule has 0 aromatic heterocycles. The van der Waals surface area contributed by atoms with Gasteiger partial charge in [-0.15, -0.1) is 15.8 Å². The molecule has 0 rings (SSSR count). The van der Waals surface area contributed by atoms with Crippen molar-refractivity contribution in [3.05, 3.63) is 0 Å². The fourth-order valence-electron chi connectivity index (χ4n) is 3.05. The van der Waals surface area contributed by atoms with Gasteiger partial charge in [0.1, 0.15) is 0 Å². The Labute approximate surface area is 151 Å². The zero-order chi connectivity index (χ0) is 17.2. The van der Waals surface area contributed by atoms with E-state index in [1.807, 2.05) is 0 Å². The third-order valence-corrected chi connectivity index (χ3v) is 10.5. The summed E-state index contributed by atoms with van der Waals surface area (Å²) in [6, 6.07) is 0. The maximum Gasteiger partial charge on any atom is -0.0326 e. The lowest BCUT2D eigenvalue weighted by Gasteiger charge is -2.19. The lowest BCUT2D eigenvalue weighted by atomic mass is 10.3. The molecular weight excluding hydrogens is 314 g/mol. The van der Waals surface area contributed by atoms with Gasteiger partial charge in [0, 0.05) is 0 Å². The van der Waals surface area contributed by atoms with Gasteiger partial charge >= 0.3 is 0 Å². The molecule has 0 fully saturated rings. The maximum absolute atomic E-state index is 2.35. The van der Waals surface area contributed by atoms with Crippen molar-refractivity contribution >= 4 is 15.8 Å². The molecule has 0 radical (unpaired) electrons. The first kappa shape index (κ1) is 23.9. The topological polar surface area (TPSA) is 0 Å². The molecule has 0 aliphatic rings. The third kappa shape index (κ3) is 16.1. The van der Waals surface area contributed by atoms with Gasteiger partial charge in [-0.3, -0.25) is 0 Å². The molecule has 0 heterocycles. The second kappa shape index (κ2) is 19.2. The molecule has 2 heteroatoms. The van der Waals surface area contributed by atoms with E-state index < -0.39 is 0 Å². The zero-order valence-electron chi connectivity index (χ0n) is 16.9. The van der Waals surface area contributed by atoms with Gasteiger partial charge in [-0.2, -0.15) is 0 Å². The predicted molar refractivity (Wildman–Crippen MR) is 117 cm³/mol. The third-order valence-electron chi connectivity index (χ3n) is 4.76. The fourth-order valence-corrected chi connectivity index (χ4v) is 8.78. The van der Waals surface area contributed by atoms with Crippen LogP contribution in [0.4, 0.5) is 0 Å². The average molecular weight is 361 g/mol. The normalized spacial score (nSPS) is 11.7. The van der Waals surface area contributed by atoms with E-state index in [4.69, 9.17) is 0 Å². The summed E-state index contributed by atoms with van der Waals surface area (Å²) in [4.78, 5) is 0. The van der Waals surface area contributed by atoms with Crippen molar-refractivity contribution in [2.24, 2.45) is 0 Å². The molecule has 140 valence electrons. The first-order valence-electron chi connectivity index (χ1n) is 10.7. The Morgan fingerprint density at radius 2 is 0.609 bits per heavy atom. The van der Waals surface area contributed by atoms with Gasteiger partial charge in [-0.05, 0) is 75.5 Å². The largest absolute Gasteiger partial charge is 0.107 e. The van der Waals surface area contributed by atoms with Gasteiger partial charge in [0.15, 0.2) is 0 Å². The quantitative estimate of drug-likeness (QED) is 0.170. The molecule has 0 aliphatic carbocycles. The Balaban J connectivity index is 3.81. The molecule has 0 unspecified atom stereocenters. The van der Waals surface area contributed by atoms with E-state index in [9.17, 15) is 0 Å². The van der Waals surface area contributed by atoms with Gasteiger partial charge in [0.25, 0.3) is 0 Å². The molecule has 0 spiro atoms. The molecule has 0 aromatic carbocycles. The van der Waals surface area contributed by atoms with E-state index in [-0.39, 0.29) is 0 Å². The zero-order valence-corrected chi connectivity index (χ0v) is 18.7. The highest BCUT2D eigenvalue weighted by Crippen LogP contribution is 2.41. The second-order valence-electron chi connectivity index (χ2n) is 7.16.